The van der Waals surface area contributed by atoms with Crippen molar-refractivity contribution in [1.82, 2.24) is 9.88 Å². The van der Waals surface area contributed by atoms with E-state index < -0.39 is 5.82 Å². The molecule has 0 bridgehead atoms. The van der Waals surface area contributed by atoms with Crippen LogP contribution in [0.3, 0.4) is 0 Å². The summed E-state index contributed by atoms with van der Waals surface area (Å²) >= 11 is 0. The molecule has 0 aliphatic heterocycles. The molecule has 0 atom stereocenters. The number of aromatic nitrogens is 1. The Balaban J connectivity index is 2.08. The van der Waals surface area contributed by atoms with Gasteiger partial charge in [0.2, 0.25) is 0 Å². The second kappa shape index (κ2) is 7.50. The zero-order valence-electron chi connectivity index (χ0n) is 11.7. The van der Waals surface area contributed by atoms with Gasteiger partial charge in [-0.25, -0.2) is 4.39 Å². The topological polar surface area (TPSA) is 59.2 Å². The standard InChI is InChI=1S/C16H18FN3O/c17-15-12-19-9-6-14(15)16(21)20(11-8-18)10-7-13-4-2-1-3-5-13/h1-6,9,12H,7-8,10-11,18H2. The van der Waals surface area contributed by atoms with Crippen LogP contribution in [0.15, 0.2) is 48.8 Å². The molecule has 5 heteroatoms. The molecule has 0 spiro atoms. The summed E-state index contributed by atoms with van der Waals surface area (Å²) in [5.74, 6) is -0.958. The van der Waals surface area contributed by atoms with Crippen LogP contribution < -0.4 is 5.73 Å². The Bertz CT molecular complexity index is 589. The van der Waals surface area contributed by atoms with E-state index in [1.54, 1.807) is 4.90 Å². The van der Waals surface area contributed by atoms with Crippen molar-refractivity contribution in [3.05, 3.63) is 65.7 Å². The number of rotatable bonds is 6. The van der Waals surface area contributed by atoms with Crippen LogP contribution in [0.25, 0.3) is 0 Å². The highest BCUT2D eigenvalue weighted by molar-refractivity contribution is 5.94. The first-order valence-corrected chi connectivity index (χ1v) is 6.85. The van der Waals surface area contributed by atoms with Crippen molar-refractivity contribution >= 4 is 5.91 Å². The Morgan fingerprint density at radius 2 is 1.95 bits per heavy atom. The van der Waals surface area contributed by atoms with Gasteiger partial charge >= 0.3 is 0 Å². The fraction of sp³-hybridized carbons (Fsp3) is 0.250. The zero-order chi connectivity index (χ0) is 15.1. The summed E-state index contributed by atoms with van der Waals surface area (Å²) in [6.45, 7) is 1.24. The third kappa shape index (κ3) is 4.10. The quantitative estimate of drug-likeness (QED) is 0.882. The summed E-state index contributed by atoms with van der Waals surface area (Å²) in [7, 11) is 0. The van der Waals surface area contributed by atoms with Crippen LogP contribution in [0, 0.1) is 5.82 Å². The van der Waals surface area contributed by atoms with Crippen molar-refractivity contribution in [2.45, 2.75) is 6.42 Å². The van der Waals surface area contributed by atoms with E-state index >= 15 is 0 Å². The highest BCUT2D eigenvalue weighted by Gasteiger charge is 2.18. The first kappa shape index (κ1) is 15.1. The van der Waals surface area contributed by atoms with Gasteiger partial charge in [0, 0.05) is 25.8 Å². The molecule has 1 aromatic carbocycles. The van der Waals surface area contributed by atoms with Gasteiger partial charge in [0.25, 0.3) is 5.91 Å². The molecule has 1 aromatic heterocycles. The molecular formula is C16H18FN3O. The number of hydrogen-bond donors (Lipinski definition) is 1. The molecule has 21 heavy (non-hydrogen) atoms. The number of nitrogens with zero attached hydrogens (tertiary/aromatic N) is 2. The predicted octanol–water partition coefficient (Wildman–Crippen LogP) is 1.86. The maximum absolute atomic E-state index is 13.7. The first-order chi connectivity index (χ1) is 10.2. The van der Waals surface area contributed by atoms with Crippen molar-refractivity contribution in [3.8, 4) is 0 Å². The Kier molecular flexibility index (Phi) is 5.40. The van der Waals surface area contributed by atoms with E-state index in [4.69, 9.17) is 5.73 Å². The highest BCUT2D eigenvalue weighted by atomic mass is 19.1. The number of pyridine rings is 1. The van der Waals surface area contributed by atoms with Gasteiger partial charge in [0.15, 0.2) is 5.82 Å². The maximum atomic E-state index is 13.7. The number of benzene rings is 1. The van der Waals surface area contributed by atoms with Crippen LogP contribution >= 0.6 is 0 Å². The van der Waals surface area contributed by atoms with Crippen LogP contribution in [-0.2, 0) is 6.42 Å². The molecule has 0 radical (unpaired) electrons. The monoisotopic (exact) mass is 287 g/mol. The van der Waals surface area contributed by atoms with Crippen LogP contribution in [0.1, 0.15) is 15.9 Å². The molecular weight excluding hydrogens is 269 g/mol. The summed E-state index contributed by atoms with van der Waals surface area (Å²) < 4.78 is 13.7. The molecule has 0 saturated carbocycles. The minimum atomic E-state index is -0.607. The Morgan fingerprint density at radius 1 is 1.19 bits per heavy atom. The van der Waals surface area contributed by atoms with Crippen LogP contribution in [-0.4, -0.2) is 35.4 Å². The average molecular weight is 287 g/mol. The largest absolute Gasteiger partial charge is 0.337 e. The Hall–Kier alpha value is -2.27. The summed E-state index contributed by atoms with van der Waals surface area (Å²) in [6.07, 6.45) is 3.17. The highest BCUT2D eigenvalue weighted by Crippen LogP contribution is 2.10. The average Bonchev–Trinajstić information content (AvgIpc) is 2.52. The molecule has 4 nitrogen and oxygen atoms in total. The number of halogens is 1. The lowest BCUT2D eigenvalue weighted by Crippen LogP contribution is -2.37. The molecule has 0 aliphatic rings. The van der Waals surface area contributed by atoms with E-state index in [2.05, 4.69) is 4.98 Å². The van der Waals surface area contributed by atoms with Crippen molar-refractivity contribution in [2.75, 3.05) is 19.6 Å². The SMILES string of the molecule is NCCN(CCc1ccccc1)C(=O)c1ccncc1F. The maximum Gasteiger partial charge on any atom is 0.256 e. The summed E-state index contributed by atoms with van der Waals surface area (Å²) in [5, 5.41) is 0. The van der Waals surface area contributed by atoms with E-state index in [-0.39, 0.29) is 11.5 Å². The molecule has 0 fully saturated rings. The van der Waals surface area contributed by atoms with E-state index in [9.17, 15) is 9.18 Å². The first-order valence-electron chi connectivity index (χ1n) is 6.85. The van der Waals surface area contributed by atoms with Gasteiger partial charge in [0.1, 0.15) is 0 Å². The fourth-order valence-electron chi connectivity index (χ4n) is 2.10. The lowest BCUT2D eigenvalue weighted by atomic mass is 10.1. The second-order valence-electron chi connectivity index (χ2n) is 4.67. The molecule has 1 amide bonds. The Morgan fingerprint density at radius 3 is 2.62 bits per heavy atom. The number of carbonyl (C=O) groups excluding carboxylic acids is 1. The predicted molar refractivity (Wildman–Crippen MR) is 79.3 cm³/mol. The van der Waals surface area contributed by atoms with Crippen LogP contribution in [0.2, 0.25) is 0 Å². The number of nitrogens with two attached hydrogens (primary N) is 1. The number of amides is 1. The van der Waals surface area contributed by atoms with E-state index in [1.807, 2.05) is 30.3 Å². The molecule has 0 aliphatic carbocycles. The molecule has 2 N–H and O–H groups in total. The van der Waals surface area contributed by atoms with Gasteiger partial charge in [0.05, 0.1) is 11.8 Å². The second-order valence-corrected chi connectivity index (χ2v) is 4.67. The third-order valence-corrected chi connectivity index (χ3v) is 3.20. The van der Waals surface area contributed by atoms with E-state index in [0.29, 0.717) is 26.1 Å². The normalized spacial score (nSPS) is 10.4. The van der Waals surface area contributed by atoms with E-state index in [0.717, 1.165) is 11.8 Å². The van der Waals surface area contributed by atoms with Crippen molar-refractivity contribution < 1.29 is 9.18 Å². The molecule has 1 heterocycles. The van der Waals surface area contributed by atoms with Gasteiger partial charge in [-0.1, -0.05) is 30.3 Å². The van der Waals surface area contributed by atoms with Gasteiger partial charge in [-0.3, -0.25) is 9.78 Å². The summed E-state index contributed by atoms with van der Waals surface area (Å²) in [5.41, 5.74) is 6.71. The van der Waals surface area contributed by atoms with Crippen molar-refractivity contribution in [1.29, 1.82) is 0 Å². The minimum absolute atomic E-state index is 0.0338. The van der Waals surface area contributed by atoms with Crippen LogP contribution in [0.4, 0.5) is 4.39 Å². The molecule has 2 rings (SSSR count). The molecule has 0 unspecified atom stereocenters. The number of hydrogen-bond acceptors (Lipinski definition) is 3. The van der Waals surface area contributed by atoms with Gasteiger partial charge in [-0.05, 0) is 18.1 Å². The molecule has 2 aromatic rings. The molecule has 0 saturated heterocycles. The summed E-state index contributed by atoms with van der Waals surface area (Å²) in [4.78, 5) is 17.6. The Labute approximate surface area is 123 Å². The number of carbonyl (C=O) groups is 1. The summed E-state index contributed by atoms with van der Waals surface area (Å²) in [6, 6.07) is 11.2. The molecule has 110 valence electrons. The minimum Gasteiger partial charge on any atom is -0.337 e. The zero-order valence-corrected chi connectivity index (χ0v) is 11.7. The van der Waals surface area contributed by atoms with Gasteiger partial charge in [-0.2, -0.15) is 0 Å². The lowest BCUT2D eigenvalue weighted by Gasteiger charge is -2.22. The van der Waals surface area contributed by atoms with E-state index in [1.165, 1.54) is 12.3 Å². The van der Waals surface area contributed by atoms with Gasteiger partial charge < -0.3 is 10.6 Å². The lowest BCUT2D eigenvalue weighted by molar-refractivity contribution is 0.0757. The van der Waals surface area contributed by atoms with Crippen molar-refractivity contribution in [2.24, 2.45) is 5.73 Å². The van der Waals surface area contributed by atoms with Crippen LogP contribution in [0.5, 0.6) is 0 Å². The van der Waals surface area contributed by atoms with Crippen molar-refractivity contribution in [3.63, 3.8) is 0 Å². The third-order valence-electron chi connectivity index (χ3n) is 3.20. The smallest absolute Gasteiger partial charge is 0.256 e. The van der Waals surface area contributed by atoms with Gasteiger partial charge in [-0.15, -0.1) is 0 Å². The fourth-order valence-corrected chi connectivity index (χ4v) is 2.10.